The fourth-order valence-electron chi connectivity index (χ4n) is 10.3. The van der Waals surface area contributed by atoms with Gasteiger partial charge in [-0.05, 0) is 148 Å². The van der Waals surface area contributed by atoms with Crippen molar-refractivity contribution in [2.24, 2.45) is 0 Å². The van der Waals surface area contributed by atoms with Gasteiger partial charge < -0.3 is 30.6 Å². The van der Waals surface area contributed by atoms with Crippen molar-refractivity contribution in [2.75, 3.05) is 37.0 Å². The molecular weight excluding hydrogens is 1370 g/mol. The van der Waals surface area contributed by atoms with E-state index in [9.17, 15) is 0 Å². The van der Waals surface area contributed by atoms with Crippen molar-refractivity contribution in [1.29, 1.82) is 0 Å². The van der Waals surface area contributed by atoms with Crippen molar-refractivity contribution in [2.45, 2.75) is 0 Å². The average Bonchev–Trinajstić information content (AvgIpc) is 0.921. The van der Waals surface area contributed by atoms with Crippen molar-refractivity contribution in [3.8, 4) is 0 Å². The molecular formula is C78H72Cu2N2O6P6. The largest absolute Gasteiger partial charge is 1.00 e. The average molecular weight is 1450 g/mol. The van der Waals surface area contributed by atoms with Gasteiger partial charge in [0.15, 0.2) is 0 Å². The van der Waals surface area contributed by atoms with Crippen LogP contribution in [0.5, 0.6) is 0 Å². The van der Waals surface area contributed by atoms with E-state index in [1.807, 2.05) is 0 Å². The van der Waals surface area contributed by atoms with Gasteiger partial charge in [-0.3, -0.25) is 0 Å². The Balaban J connectivity index is 0.000000209. The van der Waals surface area contributed by atoms with Crippen molar-refractivity contribution in [3.63, 3.8) is 0 Å². The maximum absolute atomic E-state index is 8.25. The van der Waals surface area contributed by atoms with E-state index in [0.717, 1.165) is 0 Å². The smallest absolute Gasteiger partial charge is 0.356 e. The van der Waals surface area contributed by atoms with Crippen LogP contribution in [0.4, 0.5) is 0 Å². The fraction of sp³-hybridized carbons (Fsp3) is 0.0769. The summed E-state index contributed by atoms with van der Waals surface area (Å²) in [7, 11) is -2.09. The van der Waals surface area contributed by atoms with Gasteiger partial charge in [-0.25, -0.2) is 0 Å². The summed E-state index contributed by atoms with van der Waals surface area (Å²) in [5, 5.41) is 47.2. The minimum atomic E-state index is -1.75. The van der Waals surface area contributed by atoms with Crippen LogP contribution in [-0.4, -0.2) is 47.1 Å². The molecule has 0 spiro atoms. The van der Waals surface area contributed by atoms with Gasteiger partial charge in [0.05, 0.1) is 10.2 Å². The Bertz CT molecular complexity index is 3030. The summed E-state index contributed by atoms with van der Waals surface area (Å²) >= 11 is 0. The first-order chi connectivity index (χ1) is 45.2. The van der Waals surface area contributed by atoms with E-state index >= 15 is 0 Å². The number of rotatable bonds is 21. The Labute approximate surface area is 582 Å². The molecule has 12 aromatic carbocycles. The molecule has 0 aromatic heterocycles. The maximum Gasteiger partial charge on any atom is 1.00 e. The third kappa shape index (κ3) is 25.8. The quantitative estimate of drug-likeness (QED) is 0.0305. The number of hydrogen-bond acceptors (Lipinski definition) is 6. The molecule has 0 saturated carbocycles. The Kier molecular flexibility index (Phi) is 35.1. The van der Waals surface area contributed by atoms with E-state index in [1.54, 1.807) is 0 Å². The van der Waals surface area contributed by atoms with E-state index in [-0.39, 0.29) is 81.7 Å². The molecule has 94 heavy (non-hydrogen) atoms. The zero-order chi connectivity index (χ0) is 64.2. The van der Waals surface area contributed by atoms with E-state index in [0.29, 0.717) is 0 Å². The molecule has 0 aliphatic rings. The van der Waals surface area contributed by atoms with E-state index in [1.165, 1.54) is 101 Å². The number of hydrogen-bond donors (Lipinski definition) is 0. The van der Waals surface area contributed by atoms with E-state index < -0.39 is 10.2 Å². The summed E-state index contributed by atoms with van der Waals surface area (Å²) < 4.78 is 0. The number of benzene rings is 12. The molecule has 0 atom stereocenters. The maximum atomic E-state index is 8.25. The van der Waals surface area contributed by atoms with Crippen LogP contribution in [0, 0.1) is 30.6 Å². The summed E-state index contributed by atoms with van der Waals surface area (Å²) in [6.07, 6.45) is 7.24. The molecule has 0 radical (unpaired) electrons. The Morgan fingerprint density at radius 3 is 0.298 bits per heavy atom. The van der Waals surface area contributed by atoms with Crippen LogP contribution in [0.25, 0.3) is 0 Å². The summed E-state index contributed by atoms with van der Waals surface area (Å²) in [6, 6.07) is 133. The van der Waals surface area contributed by atoms with Crippen LogP contribution in [0.1, 0.15) is 0 Å². The van der Waals surface area contributed by atoms with Crippen LogP contribution in [0.3, 0.4) is 0 Å². The number of nitrogens with zero attached hydrogens (tertiary/aromatic N) is 2. The molecule has 0 amide bonds. The summed E-state index contributed by atoms with van der Waals surface area (Å²) in [5.41, 5.74) is 0. The molecule has 0 saturated heterocycles. The SMILES string of the molecule is O=[N+]([O-])[O-].O=[N+]([O-])[O-].[Cu+].[Cu+].c1ccc(P(CCP(c2ccccc2)c2ccccc2)c2ccccc2)cc1.c1ccc(P(CCP(c2ccccc2)c2ccccc2)c2ccccc2)cc1.c1ccc(P(CCP(c2ccccc2)c2ccccc2)c2ccccc2)cc1. The molecule has 0 aliphatic heterocycles. The molecule has 12 aromatic rings. The third-order valence-electron chi connectivity index (χ3n) is 14.5. The van der Waals surface area contributed by atoms with Crippen molar-refractivity contribution in [1.82, 2.24) is 0 Å². The van der Waals surface area contributed by atoms with Gasteiger partial charge in [-0.2, -0.15) is 0 Å². The molecule has 0 heterocycles. The molecule has 482 valence electrons. The van der Waals surface area contributed by atoms with E-state index in [4.69, 9.17) is 30.6 Å². The minimum absolute atomic E-state index is 0. The topological polar surface area (TPSA) is 132 Å². The second-order valence-corrected chi connectivity index (χ2v) is 34.4. The third-order valence-corrected chi connectivity index (χ3v) is 30.6. The molecule has 0 aliphatic carbocycles. The second kappa shape index (κ2) is 43.6. The van der Waals surface area contributed by atoms with Crippen LogP contribution in [0.15, 0.2) is 364 Å². The normalized spacial score (nSPS) is 10.4. The molecule has 12 rings (SSSR count). The van der Waals surface area contributed by atoms with Crippen molar-refractivity contribution in [3.05, 3.63) is 395 Å². The van der Waals surface area contributed by atoms with Crippen LogP contribution >= 0.6 is 47.5 Å². The molecule has 0 N–H and O–H groups in total. The van der Waals surface area contributed by atoms with Gasteiger partial charge in [-0.1, -0.05) is 364 Å². The molecule has 16 heteroatoms. The van der Waals surface area contributed by atoms with Gasteiger partial charge in [0, 0.05) is 0 Å². The summed E-state index contributed by atoms with van der Waals surface area (Å²) in [4.78, 5) is 16.5. The van der Waals surface area contributed by atoms with Crippen molar-refractivity contribution < 1.29 is 44.3 Å². The first-order valence-corrected chi connectivity index (χ1v) is 39.3. The molecule has 0 bridgehead atoms. The predicted molar refractivity (Wildman–Crippen MR) is 404 cm³/mol. The summed E-state index contributed by atoms with van der Waals surface area (Å²) in [5.74, 6) is 0. The molecule has 8 nitrogen and oxygen atoms in total. The van der Waals surface area contributed by atoms with Crippen LogP contribution < -0.4 is 63.7 Å². The van der Waals surface area contributed by atoms with Gasteiger partial charge in [0.25, 0.3) is 0 Å². The van der Waals surface area contributed by atoms with Gasteiger partial charge in [0.2, 0.25) is 0 Å². The molecule has 0 unspecified atom stereocenters. The minimum Gasteiger partial charge on any atom is -0.356 e. The van der Waals surface area contributed by atoms with Gasteiger partial charge in [0.1, 0.15) is 0 Å². The zero-order valence-electron chi connectivity index (χ0n) is 51.5. The zero-order valence-corrected chi connectivity index (χ0v) is 58.8. The predicted octanol–water partition coefficient (Wildman–Crippen LogP) is 15.3. The monoisotopic (exact) mass is 1440 g/mol. The van der Waals surface area contributed by atoms with Crippen LogP contribution in [0.2, 0.25) is 0 Å². The van der Waals surface area contributed by atoms with E-state index in [2.05, 4.69) is 364 Å². The Hall–Kier alpha value is -7.34. The fourth-order valence-corrected chi connectivity index (χ4v) is 26.4. The molecule has 0 fully saturated rings. The standard InChI is InChI=1S/3C26H24P2.2Cu.2NO3/c3*1-5-13-23(14-6-1)27(24-15-7-2-8-16-24)21-22-28(25-17-9-3-10-18-25)26-19-11-4-12-20-26;;;2*2-1(3)4/h3*1-20H,21-22H2;;;;/q;;;2*+1;2*-1. The van der Waals surface area contributed by atoms with Gasteiger partial charge >= 0.3 is 34.1 Å². The second-order valence-electron chi connectivity index (χ2n) is 20.4. The van der Waals surface area contributed by atoms with Crippen LogP contribution in [-0.2, 0) is 34.1 Å². The summed E-state index contributed by atoms with van der Waals surface area (Å²) in [6.45, 7) is 0. The Morgan fingerprint density at radius 2 is 0.234 bits per heavy atom. The first-order valence-electron chi connectivity index (χ1n) is 30.1. The van der Waals surface area contributed by atoms with Gasteiger partial charge in [-0.15, -0.1) is 0 Å². The first kappa shape index (κ1) is 75.7. The Morgan fingerprint density at radius 1 is 0.170 bits per heavy atom. The van der Waals surface area contributed by atoms with Crippen molar-refractivity contribution >= 4 is 111 Å².